The molecule has 2 N–H and O–H groups in total. The van der Waals surface area contributed by atoms with E-state index in [2.05, 4.69) is 0 Å². The highest BCUT2D eigenvalue weighted by Crippen LogP contribution is 2.10. The van der Waals surface area contributed by atoms with E-state index in [-0.39, 0.29) is 5.78 Å². The number of hydrogen-bond acceptors (Lipinski definition) is 2. The highest BCUT2D eigenvalue weighted by Gasteiger charge is 2.06. The molecule has 86 valence electrons. The van der Waals surface area contributed by atoms with Gasteiger partial charge in [0, 0.05) is 17.7 Å². The van der Waals surface area contributed by atoms with Crippen LogP contribution in [0.4, 0.5) is 5.69 Å². The van der Waals surface area contributed by atoms with Crippen LogP contribution in [-0.2, 0) is 6.42 Å². The Morgan fingerprint density at radius 1 is 1.00 bits per heavy atom. The number of Topliss-reactive ketones (excluding diaryl/α,β-unsaturated/α-hetero) is 1. The zero-order valence-corrected chi connectivity index (χ0v) is 9.81. The van der Waals surface area contributed by atoms with Gasteiger partial charge in [-0.1, -0.05) is 42.0 Å². The van der Waals surface area contributed by atoms with Gasteiger partial charge in [0.15, 0.2) is 5.78 Å². The lowest BCUT2D eigenvalue weighted by Gasteiger charge is -2.02. The van der Waals surface area contributed by atoms with Crippen LogP contribution in [0.5, 0.6) is 0 Å². The van der Waals surface area contributed by atoms with Gasteiger partial charge in [0.05, 0.1) is 0 Å². The van der Waals surface area contributed by atoms with E-state index in [0.717, 1.165) is 22.4 Å². The summed E-state index contributed by atoms with van der Waals surface area (Å²) in [6, 6.07) is 15.1. The lowest BCUT2D eigenvalue weighted by atomic mass is 10.0. The maximum Gasteiger partial charge on any atom is 0.167 e. The molecule has 0 bridgehead atoms. The minimum Gasteiger partial charge on any atom is -0.399 e. The van der Waals surface area contributed by atoms with Crippen LogP contribution in [0.25, 0.3) is 0 Å². The summed E-state index contributed by atoms with van der Waals surface area (Å²) in [4.78, 5) is 12.0. The topological polar surface area (TPSA) is 43.1 Å². The summed E-state index contributed by atoms with van der Waals surface area (Å²) in [6.45, 7) is 2.01. The van der Waals surface area contributed by atoms with Gasteiger partial charge < -0.3 is 5.73 Å². The van der Waals surface area contributed by atoms with Crippen LogP contribution in [0.2, 0.25) is 0 Å². The molecule has 0 heterocycles. The molecule has 0 radical (unpaired) electrons. The molecule has 0 saturated heterocycles. The highest BCUT2D eigenvalue weighted by atomic mass is 16.1. The average Bonchev–Trinajstić information content (AvgIpc) is 2.33. The molecular weight excluding hydrogens is 210 g/mol. The number of carbonyl (C=O) groups is 1. The van der Waals surface area contributed by atoms with Gasteiger partial charge in [0.2, 0.25) is 0 Å². The van der Waals surface area contributed by atoms with Crippen LogP contribution in [0.1, 0.15) is 21.5 Å². The number of hydrogen-bond donors (Lipinski definition) is 1. The number of carbonyl (C=O) groups excluding carboxylic acids is 1. The monoisotopic (exact) mass is 225 g/mol. The van der Waals surface area contributed by atoms with Crippen LogP contribution in [0.15, 0.2) is 48.5 Å². The lowest BCUT2D eigenvalue weighted by molar-refractivity contribution is 0.0993. The Labute approximate surface area is 101 Å². The van der Waals surface area contributed by atoms with E-state index in [0.29, 0.717) is 6.42 Å². The molecule has 0 saturated carbocycles. The molecule has 2 aromatic rings. The first-order valence-corrected chi connectivity index (χ1v) is 5.59. The first-order chi connectivity index (χ1) is 8.15. The SMILES string of the molecule is Cc1ccc(C(=O)Cc2ccc(N)cc2)cc1. The first-order valence-electron chi connectivity index (χ1n) is 5.59. The summed E-state index contributed by atoms with van der Waals surface area (Å²) in [5.74, 6) is 0.134. The van der Waals surface area contributed by atoms with Crippen molar-refractivity contribution in [3.63, 3.8) is 0 Å². The Hall–Kier alpha value is -2.09. The van der Waals surface area contributed by atoms with Crippen LogP contribution >= 0.6 is 0 Å². The van der Waals surface area contributed by atoms with E-state index in [9.17, 15) is 4.79 Å². The smallest absolute Gasteiger partial charge is 0.167 e. The number of aryl methyl sites for hydroxylation is 1. The van der Waals surface area contributed by atoms with E-state index < -0.39 is 0 Å². The fraction of sp³-hybridized carbons (Fsp3) is 0.133. The number of nitrogens with two attached hydrogens (primary N) is 1. The minimum atomic E-state index is 0.134. The minimum absolute atomic E-state index is 0.134. The van der Waals surface area contributed by atoms with Gasteiger partial charge in [0.25, 0.3) is 0 Å². The largest absolute Gasteiger partial charge is 0.399 e. The summed E-state index contributed by atoms with van der Waals surface area (Å²) >= 11 is 0. The number of anilines is 1. The van der Waals surface area contributed by atoms with E-state index >= 15 is 0 Å². The number of rotatable bonds is 3. The van der Waals surface area contributed by atoms with E-state index in [1.165, 1.54) is 0 Å². The zero-order valence-electron chi connectivity index (χ0n) is 9.81. The van der Waals surface area contributed by atoms with Crippen molar-refractivity contribution in [1.29, 1.82) is 0 Å². The number of ketones is 1. The molecule has 0 aromatic heterocycles. The van der Waals surface area contributed by atoms with Crippen molar-refractivity contribution in [3.8, 4) is 0 Å². The molecule has 0 aliphatic rings. The Morgan fingerprint density at radius 3 is 2.18 bits per heavy atom. The molecule has 0 aliphatic carbocycles. The lowest BCUT2D eigenvalue weighted by Crippen LogP contribution is -2.03. The third-order valence-corrected chi connectivity index (χ3v) is 2.72. The molecule has 0 atom stereocenters. The van der Waals surface area contributed by atoms with Crippen molar-refractivity contribution in [2.75, 3.05) is 5.73 Å². The molecule has 0 aliphatic heterocycles. The van der Waals surface area contributed by atoms with E-state index in [4.69, 9.17) is 5.73 Å². The van der Waals surface area contributed by atoms with Gasteiger partial charge in [-0.3, -0.25) is 4.79 Å². The molecule has 2 aromatic carbocycles. The molecular formula is C15H15NO. The second-order valence-corrected chi connectivity index (χ2v) is 4.21. The van der Waals surface area contributed by atoms with Crippen molar-refractivity contribution in [1.82, 2.24) is 0 Å². The number of benzene rings is 2. The highest BCUT2D eigenvalue weighted by molar-refractivity contribution is 5.97. The van der Waals surface area contributed by atoms with Crippen LogP contribution < -0.4 is 5.73 Å². The maximum atomic E-state index is 12.0. The van der Waals surface area contributed by atoms with Crippen LogP contribution in [0, 0.1) is 6.92 Å². The summed E-state index contributed by atoms with van der Waals surface area (Å²) in [6.07, 6.45) is 0.420. The van der Waals surface area contributed by atoms with Gasteiger partial charge in [0.1, 0.15) is 0 Å². The standard InChI is InChI=1S/C15H15NO/c1-11-2-6-13(7-3-11)15(17)10-12-4-8-14(16)9-5-12/h2-9H,10,16H2,1H3. The Bertz CT molecular complexity index is 512. The Morgan fingerprint density at radius 2 is 1.59 bits per heavy atom. The molecule has 0 spiro atoms. The maximum absolute atomic E-state index is 12.0. The van der Waals surface area contributed by atoms with Crippen molar-refractivity contribution >= 4 is 11.5 Å². The summed E-state index contributed by atoms with van der Waals surface area (Å²) in [5, 5.41) is 0. The molecule has 0 fully saturated rings. The zero-order chi connectivity index (χ0) is 12.3. The molecule has 0 amide bonds. The fourth-order valence-electron chi connectivity index (χ4n) is 1.66. The van der Waals surface area contributed by atoms with Gasteiger partial charge in [-0.25, -0.2) is 0 Å². The van der Waals surface area contributed by atoms with Crippen molar-refractivity contribution in [2.24, 2.45) is 0 Å². The van der Waals surface area contributed by atoms with Gasteiger partial charge in [-0.2, -0.15) is 0 Å². The average molecular weight is 225 g/mol. The summed E-state index contributed by atoms with van der Waals surface area (Å²) in [7, 11) is 0. The van der Waals surface area contributed by atoms with Crippen LogP contribution in [0.3, 0.4) is 0 Å². The first kappa shape index (κ1) is 11.4. The van der Waals surface area contributed by atoms with E-state index in [1.54, 1.807) is 0 Å². The Balaban J connectivity index is 2.11. The van der Waals surface area contributed by atoms with Crippen LogP contribution in [-0.4, -0.2) is 5.78 Å². The molecule has 2 rings (SSSR count). The van der Waals surface area contributed by atoms with Crippen molar-refractivity contribution < 1.29 is 4.79 Å². The third-order valence-electron chi connectivity index (χ3n) is 2.72. The van der Waals surface area contributed by atoms with Crippen molar-refractivity contribution in [2.45, 2.75) is 13.3 Å². The van der Waals surface area contributed by atoms with Gasteiger partial charge in [-0.15, -0.1) is 0 Å². The van der Waals surface area contributed by atoms with Crippen molar-refractivity contribution in [3.05, 3.63) is 65.2 Å². The van der Waals surface area contributed by atoms with Gasteiger partial charge in [-0.05, 0) is 24.6 Å². The molecule has 2 nitrogen and oxygen atoms in total. The second kappa shape index (κ2) is 4.83. The molecule has 17 heavy (non-hydrogen) atoms. The molecule has 2 heteroatoms. The predicted octanol–water partition coefficient (Wildman–Crippen LogP) is 3.00. The second-order valence-electron chi connectivity index (χ2n) is 4.21. The normalized spacial score (nSPS) is 10.2. The fourth-order valence-corrected chi connectivity index (χ4v) is 1.66. The molecule has 0 unspecified atom stereocenters. The number of nitrogen functional groups attached to an aromatic ring is 1. The van der Waals surface area contributed by atoms with E-state index in [1.807, 2.05) is 55.5 Å². The summed E-state index contributed by atoms with van der Waals surface area (Å²) < 4.78 is 0. The predicted molar refractivity (Wildman–Crippen MR) is 70.1 cm³/mol. The summed E-state index contributed by atoms with van der Waals surface area (Å²) in [5.41, 5.74) is 9.23. The Kier molecular flexibility index (Phi) is 3.24. The quantitative estimate of drug-likeness (QED) is 0.644. The van der Waals surface area contributed by atoms with Gasteiger partial charge >= 0.3 is 0 Å². The third kappa shape index (κ3) is 2.94.